The Labute approximate surface area is 95.5 Å². The van der Waals surface area contributed by atoms with Crippen LogP contribution in [0.25, 0.3) is 0 Å². The van der Waals surface area contributed by atoms with Gasteiger partial charge in [-0.2, -0.15) is 0 Å². The summed E-state index contributed by atoms with van der Waals surface area (Å²) in [7, 11) is 0. The molecule has 6 heteroatoms. The van der Waals surface area contributed by atoms with Gasteiger partial charge in [-0.15, -0.1) is 0 Å². The van der Waals surface area contributed by atoms with Gasteiger partial charge in [-0.3, -0.25) is 4.99 Å². The van der Waals surface area contributed by atoms with Gasteiger partial charge in [0.25, 0.3) is 0 Å². The number of hydrogen-bond acceptors (Lipinski definition) is 6. The molecule has 1 unspecified atom stereocenters. The Kier molecular flexibility index (Phi) is 6.74. The first-order chi connectivity index (χ1) is 7.33. The van der Waals surface area contributed by atoms with Crippen LogP contribution < -0.4 is 22.1 Å². The van der Waals surface area contributed by atoms with Gasteiger partial charge in [0, 0.05) is 12.3 Å². The van der Waals surface area contributed by atoms with Crippen LogP contribution >= 0.6 is 11.8 Å². The summed E-state index contributed by atoms with van der Waals surface area (Å²) < 4.78 is 0. The molecule has 1 aliphatic rings. The van der Waals surface area contributed by atoms with E-state index >= 15 is 0 Å². The van der Waals surface area contributed by atoms with Crippen molar-refractivity contribution in [3.63, 3.8) is 0 Å². The molecule has 1 heterocycles. The highest BCUT2D eigenvalue weighted by molar-refractivity contribution is 8.14. The monoisotopic (exact) mass is 231 g/mol. The molecule has 0 aromatic heterocycles. The highest BCUT2D eigenvalue weighted by atomic mass is 32.2. The van der Waals surface area contributed by atoms with E-state index < -0.39 is 0 Å². The number of hydrogen-bond donors (Lipinski definition) is 4. The van der Waals surface area contributed by atoms with E-state index in [9.17, 15) is 0 Å². The van der Waals surface area contributed by atoms with E-state index in [1.165, 1.54) is 0 Å². The molecule has 1 atom stereocenters. The third-order valence-electron chi connectivity index (χ3n) is 2.10. The zero-order chi connectivity index (χ0) is 10.9. The van der Waals surface area contributed by atoms with Crippen LogP contribution in [-0.2, 0) is 0 Å². The van der Waals surface area contributed by atoms with Gasteiger partial charge in [-0.05, 0) is 25.9 Å². The predicted molar refractivity (Wildman–Crippen MR) is 67.0 cm³/mol. The molecular formula is C9H21N5S. The van der Waals surface area contributed by atoms with Crippen molar-refractivity contribution in [1.29, 1.82) is 0 Å². The molecule has 0 aromatic carbocycles. The highest BCUT2D eigenvalue weighted by Gasteiger charge is 2.05. The summed E-state index contributed by atoms with van der Waals surface area (Å²) in [5, 5.41) is 7.60. The summed E-state index contributed by atoms with van der Waals surface area (Å²) in [6.45, 7) is 3.47. The third kappa shape index (κ3) is 5.99. The van der Waals surface area contributed by atoms with Gasteiger partial charge >= 0.3 is 0 Å². The fourth-order valence-corrected chi connectivity index (χ4v) is 2.06. The van der Waals surface area contributed by atoms with Crippen molar-refractivity contribution in [2.24, 2.45) is 16.5 Å². The lowest BCUT2D eigenvalue weighted by molar-refractivity contribution is 0.493. The van der Waals surface area contributed by atoms with Gasteiger partial charge in [0.2, 0.25) is 0 Å². The fourth-order valence-electron chi connectivity index (χ4n) is 1.29. The zero-order valence-corrected chi connectivity index (χ0v) is 9.85. The maximum Gasteiger partial charge on any atom is 0.156 e. The quantitative estimate of drug-likeness (QED) is 0.343. The minimum Gasteiger partial charge on any atom is -0.365 e. The van der Waals surface area contributed by atoms with E-state index in [4.69, 9.17) is 11.5 Å². The fraction of sp³-hybridized carbons (Fsp3) is 0.889. The molecule has 0 fully saturated rings. The molecule has 0 saturated heterocycles. The number of aliphatic imine (C=N–C) groups is 1. The van der Waals surface area contributed by atoms with E-state index in [0.29, 0.717) is 6.54 Å². The van der Waals surface area contributed by atoms with Crippen molar-refractivity contribution >= 4 is 16.9 Å². The Morgan fingerprint density at radius 2 is 2.33 bits per heavy atom. The first-order valence-corrected chi connectivity index (χ1v) is 6.41. The molecule has 1 aliphatic heterocycles. The molecule has 0 spiro atoms. The van der Waals surface area contributed by atoms with Gasteiger partial charge in [-0.25, -0.2) is 0 Å². The second-order valence-corrected chi connectivity index (χ2v) is 4.54. The van der Waals surface area contributed by atoms with E-state index in [0.717, 1.165) is 43.4 Å². The number of nitrogens with zero attached hydrogens (tertiary/aromatic N) is 1. The molecule has 15 heavy (non-hydrogen) atoms. The standard InChI is InChI=1S/C9H21N5S/c10-3-2-8(11)12-4-1-5-13-9-14-6-7-15-9/h8,12H,1-7,10-11H2,(H,13,14). The maximum atomic E-state index is 5.75. The average molecular weight is 231 g/mol. The normalized spacial score (nSPS) is 17.6. The molecule has 0 radical (unpaired) electrons. The van der Waals surface area contributed by atoms with Gasteiger partial charge in [0.1, 0.15) is 0 Å². The maximum absolute atomic E-state index is 5.75. The van der Waals surface area contributed by atoms with Crippen molar-refractivity contribution in [3.05, 3.63) is 0 Å². The molecule has 88 valence electrons. The summed E-state index contributed by atoms with van der Waals surface area (Å²) >= 11 is 1.79. The molecule has 1 rings (SSSR count). The van der Waals surface area contributed by atoms with Gasteiger partial charge in [-0.1, -0.05) is 11.8 Å². The van der Waals surface area contributed by atoms with Crippen LogP contribution in [0.15, 0.2) is 4.99 Å². The summed E-state index contributed by atoms with van der Waals surface area (Å²) in [5.74, 6) is 1.11. The van der Waals surface area contributed by atoms with Crippen LogP contribution in [0.3, 0.4) is 0 Å². The molecule has 0 aliphatic carbocycles. The zero-order valence-electron chi connectivity index (χ0n) is 9.04. The first kappa shape index (κ1) is 12.8. The summed E-state index contributed by atoms with van der Waals surface area (Å²) in [6, 6.07) is 0. The average Bonchev–Trinajstić information content (AvgIpc) is 2.70. The van der Waals surface area contributed by atoms with E-state index in [1.807, 2.05) is 0 Å². The highest BCUT2D eigenvalue weighted by Crippen LogP contribution is 2.08. The van der Waals surface area contributed by atoms with Crippen LogP contribution in [0.1, 0.15) is 12.8 Å². The number of nitrogens with two attached hydrogens (primary N) is 2. The lowest BCUT2D eigenvalue weighted by atomic mass is 10.3. The van der Waals surface area contributed by atoms with Crippen LogP contribution in [-0.4, -0.2) is 43.3 Å². The second-order valence-electron chi connectivity index (χ2n) is 3.45. The smallest absolute Gasteiger partial charge is 0.156 e. The first-order valence-electron chi connectivity index (χ1n) is 5.43. The van der Waals surface area contributed by atoms with E-state index in [1.54, 1.807) is 11.8 Å². The number of rotatable bonds is 7. The lowest BCUT2D eigenvalue weighted by Gasteiger charge is -2.12. The Morgan fingerprint density at radius 1 is 1.47 bits per heavy atom. The lowest BCUT2D eigenvalue weighted by Crippen LogP contribution is -2.40. The number of thioether (sulfide) groups is 1. The van der Waals surface area contributed by atoms with Crippen LogP contribution in [0.2, 0.25) is 0 Å². The summed E-state index contributed by atoms with van der Waals surface area (Å²) in [5.41, 5.74) is 11.1. The Bertz CT molecular complexity index is 197. The van der Waals surface area contributed by atoms with Gasteiger partial charge in [0.05, 0.1) is 12.7 Å². The molecule has 5 nitrogen and oxygen atoms in total. The topological polar surface area (TPSA) is 88.5 Å². The minimum absolute atomic E-state index is 0.0354. The van der Waals surface area contributed by atoms with Crippen molar-refractivity contribution in [3.8, 4) is 0 Å². The SMILES string of the molecule is NCCC(N)NCCCNC1=NCCS1. The van der Waals surface area contributed by atoms with Gasteiger partial charge < -0.3 is 22.1 Å². The molecular weight excluding hydrogens is 210 g/mol. The molecule has 6 N–H and O–H groups in total. The van der Waals surface area contributed by atoms with Crippen LogP contribution in [0.5, 0.6) is 0 Å². The van der Waals surface area contributed by atoms with Crippen LogP contribution in [0.4, 0.5) is 0 Å². The van der Waals surface area contributed by atoms with Crippen LogP contribution in [0, 0.1) is 0 Å². The molecule has 0 saturated carbocycles. The third-order valence-corrected chi connectivity index (χ3v) is 3.03. The van der Waals surface area contributed by atoms with Crippen molar-refractivity contribution in [2.75, 3.05) is 31.9 Å². The summed E-state index contributed by atoms with van der Waals surface area (Å²) in [6.07, 6.45) is 1.92. The minimum atomic E-state index is 0.0354. The number of amidine groups is 1. The molecule has 0 bridgehead atoms. The summed E-state index contributed by atoms with van der Waals surface area (Å²) in [4.78, 5) is 4.30. The van der Waals surface area contributed by atoms with Crippen molar-refractivity contribution < 1.29 is 0 Å². The Morgan fingerprint density at radius 3 is 3.00 bits per heavy atom. The number of nitrogens with one attached hydrogen (secondary N) is 2. The van der Waals surface area contributed by atoms with E-state index in [2.05, 4.69) is 15.6 Å². The van der Waals surface area contributed by atoms with Crippen molar-refractivity contribution in [1.82, 2.24) is 10.6 Å². The Hall–Kier alpha value is -0.300. The largest absolute Gasteiger partial charge is 0.365 e. The van der Waals surface area contributed by atoms with Gasteiger partial charge in [0.15, 0.2) is 5.17 Å². The molecule has 0 aromatic rings. The second kappa shape index (κ2) is 7.92. The molecule has 0 amide bonds. The van der Waals surface area contributed by atoms with Crippen molar-refractivity contribution in [2.45, 2.75) is 19.0 Å². The Balaban J connectivity index is 1.88. The predicted octanol–water partition coefficient (Wildman–Crippen LogP) is -0.708. The van der Waals surface area contributed by atoms with E-state index in [-0.39, 0.29) is 6.17 Å².